The molecule has 0 aliphatic carbocycles. The van der Waals surface area contributed by atoms with E-state index in [4.69, 9.17) is 14.2 Å². The summed E-state index contributed by atoms with van der Waals surface area (Å²) in [6.07, 6.45) is 1.86. The third-order valence-electron chi connectivity index (χ3n) is 6.10. The van der Waals surface area contributed by atoms with Crippen molar-refractivity contribution in [2.75, 3.05) is 26.1 Å². The van der Waals surface area contributed by atoms with E-state index >= 15 is 0 Å². The lowest BCUT2D eigenvalue weighted by atomic mass is 9.85. The van der Waals surface area contributed by atoms with Crippen molar-refractivity contribution in [2.45, 2.75) is 26.2 Å². The Hall–Kier alpha value is -4.47. The van der Waals surface area contributed by atoms with Gasteiger partial charge >= 0.3 is 0 Å². The molecule has 1 atom stereocenters. The Morgan fingerprint density at radius 2 is 1.97 bits per heavy atom. The summed E-state index contributed by atoms with van der Waals surface area (Å²) >= 11 is 0. The average molecular weight is 487 g/mol. The molecular formula is C26H26N6O4. The van der Waals surface area contributed by atoms with Gasteiger partial charge in [-0.1, -0.05) is 18.2 Å². The molecule has 0 radical (unpaired) electrons. The quantitative estimate of drug-likeness (QED) is 0.418. The highest BCUT2D eigenvalue weighted by molar-refractivity contribution is 5.95. The van der Waals surface area contributed by atoms with Crippen molar-refractivity contribution in [1.29, 1.82) is 0 Å². The number of nitrogens with zero attached hydrogens (tertiary/aromatic N) is 5. The third-order valence-corrected chi connectivity index (χ3v) is 6.10. The second kappa shape index (κ2) is 9.65. The summed E-state index contributed by atoms with van der Waals surface area (Å²) < 4.78 is 18.1. The molecule has 3 heterocycles. The number of anilines is 1. The molecule has 0 fully saturated rings. The second-order valence-electron chi connectivity index (χ2n) is 8.28. The van der Waals surface area contributed by atoms with Crippen LogP contribution < -0.4 is 19.5 Å². The van der Waals surface area contributed by atoms with Crippen LogP contribution in [0, 0.1) is 6.92 Å². The summed E-state index contributed by atoms with van der Waals surface area (Å²) in [5.74, 6) is 2.43. The van der Waals surface area contributed by atoms with Crippen LogP contribution in [0.15, 0.2) is 48.7 Å². The number of amides is 1. The molecule has 2 aromatic carbocycles. The first kappa shape index (κ1) is 23.3. The zero-order valence-corrected chi connectivity index (χ0v) is 20.5. The van der Waals surface area contributed by atoms with Crippen LogP contribution in [-0.2, 0) is 4.79 Å². The van der Waals surface area contributed by atoms with Gasteiger partial charge in [-0.15, -0.1) is 5.10 Å². The maximum Gasteiger partial charge on any atom is 0.272 e. The van der Waals surface area contributed by atoms with Crippen LogP contribution in [0.5, 0.6) is 17.2 Å². The van der Waals surface area contributed by atoms with Crippen LogP contribution >= 0.6 is 0 Å². The van der Waals surface area contributed by atoms with E-state index in [0.29, 0.717) is 35.4 Å². The van der Waals surface area contributed by atoms with Gasteiger partial charge in [0.05, 0.1) is 38.4 Å². The van der Waals surface area contributed by atoms with Crippen LogP contribution in [0.25, 0.3) is 17.2 Å². The molecule has 0 saturated carbocycles. The minimum atomic E-state index is -0.220. The molecule has 1 N–H and O–H groups in total. The molecular weight excluding hydrogens is 460 g/mol. The number of methoxy groups -OCH3 is 2. The van der Waals surface area contributed by atoms with Crippen molar-refractivity contribution >= 4 is 11.7 Å². The van der Waals surface area contributed by atoms with Crippen molar-refractivity contribution in [3.05, 3.63) is 65.5 Å². The fraction of sp³-hybridized carbons (Fsp3) is 0.269. The van der Waals surface area contributed by atoms with Crippen LogP contribution in [-0.4, -0.2) is 51.7 Å². The first-order chi connectivity index (χ1) is 17.5. The molecule has 0 spiro atoms. The molecule has 4 aromatic rings. The summed E-state index contributed by atoms with van der Waals surface area (Å²) in [5.41, 5.74) is 4.03. The zero-order chi connectivity index (χ0) is 25.2. The molecule has 10 heteroatoms. The van der Waals surface area contributed by atoms with Gasteiger partial charge in [-0.25, -0.2) is 4.98 Å². The molecule has 1 aliphatic heterocycles. The number of hydrogen-bond acceptors (Lipinski definition) is 8. The smallest absolute Gasteiger partial charge is 0.272 e. The van der Waals surface area contributed by atoms with Gasteiger partial charge in [0.1, 0.15) is 11.6 Å². The van der Waals surface area contributed by atoms with Crippen molar-refractivity contribution < 1.29 is 19.0 Å². The van der Waals surface area contributed by atoms with E-state index in [-0.39, 0.29) is 24.2 Å². The number of benzene rings is 2. The lowest BCUT2D eigenvalue weighted by molar-refractivity contribution is -0.116. The van der Waals surface area contributed by atoms with E-state index in [1.54, 1.807) is 25.1 Å². The van der Waals surface area contributed by atoms with E-state index in [1.807, 2.05) is 56.3 Å². The van der Waals surface area contributed by atoms with Crippen molar-refractivity contribution in [3.63, 3.8) is 0 Å². The largest absolute Gasteiger partial charge is 0.497 e. The van der Waals surface area contributed by atoms with Gasteiger partial charge in [-0.3, -0.25) is 4.79 Å². The van der Waals surface area contributed by atoms with E-state index in [2.05, 4.69) is 25.6 Å². The van der Waals surface area contributed by atoms with Crippen LogP contribution in [0.3, 0.4) is 0 Å². The maximum absolute atomic E-state index is 12.8. The number of carbonyl (C=O) groups excluding carboxylic acids is 1. The highest BCUT2D eigenvalue weighted by Crippen LogP contribution is 2.42. The standard InChI is InChI=1S/C26H26N6O4/c1-5-36-22-12-16(9-10-21(22)35-4)19-13-23(33)29-25-24(19)15(2)31-32(25)26-28-20(14-27-30-26)17-7-6-8-18(11-17)34-3/h6-12,14,19H,5,13H2,1-4H3,(H,29,33)/t19-/m1/s1. The maximum atomic E-state index is 12.8. The van der Waals surface area contributed by atoms with E-state index in [9.17, 15) is 4.79 Å². The van der Waals surface area contributed by atoms with Crippen molar-refractivity contribution in [3.8, 4) is 34.5 Å². The Labute approximate surface area is 208 Å². The number of nitrogens with one attached hydrogen (secondary N) is 1. The lowest BCUT2D eigenvalue weighted by Gasteiger charge is -2.25. The molecule has 0 bridgehead atoms. The molecule has 1 aliphatic rings. The number of fused-ring (bicyclic) bond motifs is 1. The SMILES string of the molecule is CCOc1cc([C@H]2CC(=O)Nc3c2c(C)nn3-c2nncc(-c3cccc(OC)c3)n2)ccc1OC. The van der Waals surface area contributed by atoms with E-state index in [1.165, 1.54) is 0 Å². The number of aryl methyl sites for hydroxylation is 1. The number of rotatable bonds is 7. The summed E-state index contributed by atoms with van der Waals surface area (Å²) in [6.45, 7) is 4.33. The highest BCUT2D eigenvalue weighted by atomic mass is 16.5. The highest BCUT2D eigenvalue weighted by Gasteiger charge is 2.34. The van der Waals surface area contributed by atoms with E-state index in [0.717, 1.165) is 22.4 Å². The lowest BCUT2D eigenvalue weighted by Crippen LogP contribution is -2.25. The van der Waals surface area contributed by atoms with Gasteiger partial charge in [0, 0.05) is 23.5 Å². The fourth-order valence-corrected chi connectivity index (χ4v) is 4.46. The Bertz CT molecular complexity index is 1430. The Morgan fingerprint density at radius 1 is 1.11 bits per heavy atom. The third kappa shape index (κ3) is 4.21. The molecule has 5 rings (SSSR count). The normalized spacial score (nSPS) is 14.7. The van der Waals surface area contributed by atoms with Crippen LogP contribution in [0.4, 0.5) is 5.82 Å². The number of ether oxygens (including phenoxy) is 3. The molecule has 184 valence electrons. The van der Waals surface area contributed by atoms with Crippen molar-refractivity contribution in [2.24, 2.45) is 0 Å². The average Bonchev–Trinajstić information content (AvgIpc) is 3.24. The second-order valence-corrected chi connectivity index (χ2v) is 8.28. The van der Waals surface area contributed by atoms with Crippen LogP contribution in [0.2, 0.25) is 0 Å². The van der Waals surface area contributed by atoms with E-state index < -0.39 is 0 Å². The summed E-state index contributed by atoms with van der Waals surface area (Å²) in [4.78, 5) is 17.5. The number of hydrogen-bond donors (Lipinski definition) is 1. The van der Waals surface area contributed by atoms with Crippen LogP contribution in [0.1, 0.15) is 36.1 Å². The molecule has 0 saturated heterocycles. The predicted octanol–water partition coefficient (Wildman–Crippen LogP) is 3.92. The Balaban J connectivity index is 1.58. The van der Waals surface area contributed by atoms with Gasteiger partial charge in [0.25, 0.3) is 5.95 Å². The first-order valence-electron chi connectivity index (χ1n) is 11.6. The first-order valence-corrected chi connectivity index (χ1v) is 11.6. The van der Waals surface area contributed by atoms with Crippen molar-refractivity contribution in [1.82, 2.24) is 25.0 Å². The summed E-state index contributed by atoms with van der Waals surface area (Å²) in [7, 11) is 3.21. The Kier molecular flexibility index (Phi) is 6.24. The minimum absolute atomic E-state index is 0.126. The Morgan fingerprint density at radius 3 is 2.75 bits per heavy atom. The molecule has 0 unspecified atom stereocenters. The molecule has 10 nitrogen and oxygen atoms in total. The zero-order valence-electron chi connectivity index (χ0n) is 20.5. The number of aromatic nitrogens is 5. The summed E-state index contributed by atoms with van der Waals surface area (Å²) in [5, 5.41) is 16.0. The summed E-state index contributed by atoms with van der Waals surface area (Å²) in [6, 6.07) is 13.3. The molecule has 36 heavy (non-hydrogen) atoms. The monoisotopic (exact) mass is 486 g/mol. The molecule has 1 amide bonds. The topological polar surface area (TPSA) is 113 Å². The predicted molar refractivity (Wildman–Crippen MR) is 133 cm³/mol. The van der Waals surface area contributed by atoms with Gasteiger partial charge in [-0.2, -0.15) is 14.9 Å². The van der Waals surface area contributed by atoms with Gasteiger partial charge in [-0.05, 0) is 43.7 Å². The number of carbonyl (C=O) groups is 1. The molecule has 2 aromatic heterocycles. The van der Waals surface area contributed by atoms with Gasteiger partial charge in [0.15, 0.2) is 11.5 Å². The minimum Gasteiger partial charge on any atom is -0.497 e. The fourth-order valence-electron chi connectivity index (χ4n) is 4.46. The van der Waals surface area contributed by atoms with Gasteiger partial charge in [0.2, 0.25) is 5.91 Å². The van der Waals surface area contributed by atoms with Gasteiger partial charge < -0.3 is 19.5 Å².